The van der Waals surface area contributed by atoms with Crippen LogP contribution in [0.5, 0.6) is 0 Å². The molecule has 1 N–H and O–H groups in total. The fraction of sp³-hybridized carbons (Fsp3) is 0.409. The summed E-state index contributed by atoms with van der Waals surface area (Å²) in [5, 5.41) is 2.88. The molecule has 1 saturated heterocycles. The lowest BCUT2D eigenvalue weighted by Crippen LogP contribution is -2.28. The number of nitrogens with one attached hydrogen (secondary N) is 1. The molecule has 1 unspecified atom stereocenters. The predicted octanol–water partition coefficient (Wildman–Crippen LogP) is 4.45. The summed E-state index contributed by atoms with van der Waals surface area (Å²) in [6, 6.07) is 15.2. The molecule has 0 aliphatic carbocycles. The number of benzene rings is 2. The van der Waals surface area contributed by atoms with Gasteiger partial charge in [-0.15, -0.1) is 0 Å². The van der Waals surface area contributed by atoms with Crippen LogP contribution in [-0.2, 0) is 22.5 Å². The van der Waals surface area contributed by atoms with Gasteiger partial charge in [0, 0.05) is 38.0 Å². The van der Waals surface area contributed by atoms with Gasteiger partial charge in [0.05, 0.1) is 6.10 Å². The van der Waals surface area contributed by atoms with Crippen molar-refractivity contribution >= 4 is 17.3 Å². The Labute approximate surface area is 155 Å². The highest BCUT2D eigenvalue weighted by Gasteiger charge is 2.19. The molecular formula is C22H26N2O2. The number of nitrogens with zero attached hydrogens (tertiary/aromatic N) is 1. The van der Waals surface area contributed by atoms with Crippen molar-refractivity contribution in [2.24, 2.45) is 0 Å². The number of carbonyl (C=O) groups excluding carboxylic acids is 1. The Bertz CT molecular complexity index is 779. The smallest absolute Gasteiger partial charge is 0.221 e. The van der Waals surface area contributed by atoms with Crippen LogP contribution in [0.3, 0.4) is 0 Å². The van der Waals surface area contributed by atoms with Crippen LogP contribution in [0.1, 0.15) is 49.0 Å². The van der Waals surface area contributed by atoms with Gasteiger partial charge in [-0.05, 0) is 60.6 Å². The normalized spacial score (nSPS) is 19.3. The molecule has 2 heterocycles. The van der Waals surface area contributed by atoms with Crippen molar-refractivity contribution in [2.45, 2.75) is 45.3 Å². The van der Waals surface area contributed by atoms with E-state index in [1.165, 1.54) is 22.4 Å². The van der Waals surface area contributed by atoms with Crippen molar-refractivity contribution in [2.75, 3.05) is 23.4 Å². The summed E-state index contributed by atoms with van der Waals surface area (Å²) in [6.45, 7) is 4.42. The van der Waals surface area contributed by atoms with Crippen LogP contribution in [0.15, 0.2) is 42.5 Å². The SMILES string of the molecule is CC(=O)Nc1ccc2c(c1)CCCN2Cc1ccc(C2CCCO2)cc1. The third-order valence-corrected chi connectivity index (χ3v) is 5.27. The number of aryl methyl sites for hydroxylation is 1. The lowest BCUT2D eigenvalue weighted by molar-refractivity contribution is -0.114. The molecule has 2 aliphatic rings. The number of carbonyl (C=O) groups is 1. The first-order valence-corrected chi connectivity index (χ1v) is 9.55. The van der Waals surface area contributed by atoms with E-state index in [1.54, 1.807) is 6.92 Å². The van der Waals surface area contributed by atoms with E-state index in [1.807, 2.05) is 6.07 Å². The van der Waals surface area contributed by atoms with Crippen molar-refractivity contribution in [3.05, 3.63) is 59.2 Å². The summed E-state index contributed by atoms with van der Waals surface area (Å²) in [5.41, 5.74) is 6.11. The van der Waals surface area contributed by atoms with Gasteiger partial charge in [0.2, 0.25) is 5.91 Å². The highest BCUT2D eigenvalue weighted by molar-refractivity contribution is 5.89. The van der Waals surface area contributed by atoms with Crippen LogP contribution >= 0.6 is 0 Å². The second-order valence-corrected chi connectivity index (χ2v) is 7.29. The Morgan fingerprint density at radius 3 is 2.77 bits per heavy atom. The minimum Gasteiger partial charge on any atom is -0.374 e. The average molecular weight is 350 g/mol. The highest BCUT2D eigenvalue weighted by atomic mass is 16.5. The number of amides is 1. The number of rotatable bonds is 4. The maximum atomic E-state index is 11.3. The molecule has 4 heteroatoms. The molecule has 0 saturated carbocycles. The molecule has 0 spiro atoms. The second-order valence-electron chi connectivity index (χ2n) is 7.29. The Morgan fingerprint density at radius 1 is 1.19 bits per heavy atom. The molecule has 0 aromatic heterocycles. The number of ether oxygens (including phenoxy) is 1. The molecule has 4 nitrogen and oxygen atoms in total. The topological polar surface area (TPSA) is 41.6 Å². The van der Waals surface area contributed by atoms with Crippen molar-refractivity contribution in [3.63, 3.8) is 0 Å². The third kappa shape index (κ3) is 3.75. The monoisotopic (exact) mass is 350 g/mol. The fourth-order valence-corrected chi connectivity index (χ4v) is 4.02. The van der Waals surface area contributed by atoms with E-state index in [0.717, 1.165) is 51.1 Å². The zero-order chi connectivity index (χ0) is 17.9. The molecule has 2 aromatic carbocycles. The fourth-order valence-electron chi connectivity index (χ4n) is 4.02. The van der Waals surface area contributed by atoms with E-state index in [2.05, 4.69) is 46.6 Å². The molecule has 1 fully saturated rings. The molecule has 2 aliphatic heterocycles. The van der Waals surface area contributed by atoms with Crippen LogP contribution in [0.4, 0.5) is 11.4 Å². The second kappa shape index (κ2) is 7.50. The third-order valence-electron chi connectivity index (χ3n) is 5.27. The Kier molecular flexibility index (Phi) is 4.93. The first-order valence-electron chi connectivity index (χ1n) is 9.55. The number of fused-ring (bicyclic) bond motifs is 1. The van der Waals surface area contributed by atoms with Gasteiger partial charge >= 0.3 is 0 Å². The summed E-state index contributed by atoms with van der Waals surface area (Å²) < 4.78 is 5.77. The minimum atomic E-state index is -0.0241. The number of hydrogen-bond acceptors (Lipinski definition) is 3. The highest BCUT2D eigenvalue weighted by Crippen LogP contribution is 2.32. The molecule has 4 rings (SSSR count). The predicted molar refractivity (Wildman–Crippen MR) is 104 cm³/mol. The van der Waals surface area contributed by atoms with Crippen LogP contribution in [0.25, 0.3) is 0 Å². The van der Waals surface area contributed by atoms with Crippen molar-refractivity contribution in [1.82, 2.24) is 0 Å². The van der Waals surface area contributed by atoms with Crippen LogP contribution in [-0.4, -0.2) is 19.1 Å². The summed E-state index contributed by atoms with van der Waals surface area (Å²) in [4.78, 5) is 13.7. The zero-order valence-corrected chi connectivity index (χ0v) is 15.3. The Morgan fingerprint density at radius 2 is 2.04 bits per heavy atom. The average Bonchev–Trinajstić information content (AvgIpc) is 3.16. The molecule has 136 valence electrons. The van der Waals surface area contributed by atoms with E-state index in [0.29, 0.717) is 0 Å². The molecular weight excluding hydrogens is 324 g/mol. The summed E-state index contributed by atoms with van der Waals surface area (Å²) in [7, 11) is 0. The van der Waals surface area contributed by atoms with Gasteiger partial charge in [-0.1, -0.05) is 24.3 Å². The van der Waals surface area contributed by atoms with Gasteiger partial charge in [-0.25, -0.2) is 0 Å². The molecule has 1 atom stereocenters. The maximum absolute atomic E-state index is 11.3. The summed E-state index contributed by atoms with van der Waals surface area (Å²) in [6.07, 6.45) is 4.79. The lowest BCUT2D eigenvalue weighted by atomic mass is 9.99. The van der Waals surface area contributed by atoms with E-state index >= 15 is 0 Å². The largest absolute Gasteiger partial charge is 0.374 e. The van der Waals surface area contributed by atoms with Crippen LogP contribution in [0, 0.1) is 0 Å². The first kappa shape index (κ1) is 17.1. The molecule has 2 aromatic rings. The van der Waals surface area contributed by atoms with Crippen LogP contribution < -0.4 is 10.2 Å². The Balaban J connectivity index is 1.48. The minimum absolute atomic E-state index is 0.0241. The van der Waals surface area contributed by atoms with E-state index in [4.69, 9.17) is 4.74 Å². The van der Waals surface area contributed by atoms with Crippen molar-refractivity contribution in [3.8, 4) is 0 Å². The molecule has 0 radical (unpaired) electrons. The number of hydrogen-bond donors (Lipinski definition) is 1. The van der Waals surface area contributed by atoms with Gasteiger partial charge in [0.1, 0.15) is 0 Å². The molecule has 26 heavy (non-hydrogen) atoms. The molecule has 1 amide bonds. The van der Waals surface area contributed by atoms with Gasteiger partial charge in [-0.3, -0.25) is 4.79 Å². The van der Waals surface area contributed by atoms with Gasteiger partial charge in [0.25, 0.3) is 0 Å². The quantitative estimate of drug-likeness (QED) is 0.886. The van der Waals surface area contributed by atoms with E-state index in [9.17, 15) is 4.79 Å². The maximum Gasteiger partial charge on any atom is 0.221 e. The summed E-state index contributed by atoms with van der Waals surface area (Å²) >= 11 is 0. The molecule has 0 bridgehead atoms. The van der Waals surface area contributed by atoms with Crippen molar-refractivity contribution in [1.29, 1.82) is 0 Å². The van der Waals surface area contributed by atoms with Crippen molar-refractivity contribution < 1.29 is 9.53 Å². The summed E-state index contributed by atoms with van der Waals surface area (Å²) in [5.74, 6) is -0.0241. The Hall–Kier alpha value is -2.33. The van der Waals surface area contributed by atoms with E-state index in [-0.39, 0.29) is 12.0 Å². The van der Waals surface area contributed by atoms with Crippen LogP contribution in [0.2, 0.25) is 0 Å². The van der Waals surface area contributed by atoms with Gasteiger partial charge in [-0.2, -0.15) is 0 Å². The van der Waals surface area contributed by atoms with Gasteiger partial charge in [0.15, 0.2) is 0 Å². The zero-order valence-electron chi connectivity index (χ0n) is 15.3. The number of anilines is 2. The van der Waals surface area contributed by atoms with Gasteiger partial charge < -0.3 is 15.0 Å². The first-order chi connectivity index (χ1) is 12.7. The standard InChI is InChI=1S/C22H26N2O2/c1-16(25)23-20-10-11-21-19(14-20)4-2-12-24(21)15-17-6-8-18(9-7-17)22-5-3-13-26-22/h6-11,14,22H,2-5,12-13,15H2,1H3,(H,23,25). The van der Waals surface area contributed by atoms with E-state index < -0.39 is 0 Å². The lowest BCUT2D eigenvalue weighted by Gasteiger charge is -2.32.